The molecule has 1 aliphatic heterocycles. The van der Waals surface area contributed by atoms with E-state index in [0.717, 1.165) is 28.0 Å². The lowest BCUT2D eigenvalue weighted by molar-refractivity contribution is -0.143. The zero-order chi connectivity index (χ0) is 21.8. The van der Waals surface area contributed by atoms with Crippen molar-refractivity contribution in [3.05, 3.63) is 59.7 Å². The molecule has 1 aromatic heterocycles. The number of Topliss-reactive ketones (excluding diaryl/α,β-unsaturated/α-hetero) is 1. The Hall–Kier alpha value is -3.88. The number of benzene rings is 2. The summed E-state index contributed by atoms with van der Waals surface area (Å²) in [4.78, 5) is 39.0. The van der Waals surface area contributed by atoms with Gasteiger partial charge in [-0.05, 0) is 42.8 Å². The third kappa shape index (κ3) is 4.82. The Morgan fingerprint density at radius 1 is 1.06 bits per heavy atom. The third-order valence-electron chi connectivity index (χ3n) is 4.97. The summed E-state index contributed by atoms with van der Waals surface area (Å²) in [7, 11) is 0. The zero-order valence-corrected chi connectivity index (χ0v) is 17.0. The number of anilines is 1. The summed E-state index contributed by atoms with van der Waals surface area (Å²) in [6.07, 6.45) is 1.38. The van der Waals surface area contributed by atoms with Gasteiger partial charge < -0.3 is 9.64 Å². The predicted octanol–water partition coefficient (Wildman–Crippen LogP) is 2.20. The van der Waals surface area contributed by atoms with E-state index in [9.17, 15) is 14.4 Å². The van der Waals surface area contributed by atoms with Crippen molar-refractivity contribution < 1.29 is 19.1 Å². The number of tetrazole rings is 1. The number of esters is 1. The minimum atomic E-state index is -0.638. The van der Waals surface area contributed by atoms with Crippen molar-refractivity contribution in [2.24, 2.45) is 0 Å². The molecular weight excluding hydrogens is 398 g/mol. The van der Waals surface area contributed by atoms with Gasteiger partial charge >= 0.3 is 5.97 Å². The molecule has 1 amide bonds. The highest BCUT2D eigenvalue weighted by molar-refractivity contribution is 5.99. The highest BCUT2D eigenvalue weighted by Crippen LogP contribution is 2.21. The Kier molecular flexibility index (Phi) is 5.83. The van der Waals surface area contributed by atoms with Crippen LogP contribution in [-0.2, 0) is 20.9 Å². The van der Waals surface area contributed by atoms with Crippen molar-refractivity contribution in [3.63, 3.8) is 0 Å². The van der Waals surface area contributed by atoms with Gasteiger partial charge in [0.25, 0.3) is 0 Å². The van der Waals surface area contributed by atoms with E-state index in [0.29, 0.717) is 24.4 Å². The molecule has 0 bridgehead atoms. The number of amides is 1. The van der Waals surface area contributed by atoms with Crippen molar-refractivity contribution in [1.29, 1.82) is 0 Å². The van der Waals surface area contributed by atoms with Crippen molar-refractivity contribution in [1.82, 2.24) is 20.2 Å². The summed E-state index contributed by atoms with van der Waals surface area (Å²) in [6, 6.07) is 14.3. The van der Waals surface area contributed by atoms with Crippen LogP contribution in [0.5, 0.6) is 0 Å². The second-order valence-corrected chi connectivity index (χ2v) is 7.29. The number of aryl methyl sites for hydroxylation is 1. The van der Waals surface area contributed by atoms with E-state index in [1.807, 2.05) is 31.2 Å². The van der Waals surface area contributed by atoms with E-state index in [1.54, 1.807) is 29.2 Å². The molecule has 9 nitrogen and oxygen atoms in total. The highest BCUT2D eigenvalue weighted by atomic mass is 16.5. The van der Waals surface area contributed by atoms with Crippen LogP contribution in [0.25, 0.3) is 11.4 Å². The topological polar surface area (TPSA) is 107 Å². The quantitative estimate of drug-likeness (QED) is 0.427. The van der Waals surface area contributed by atoms with Crippen molar-refractivity contribution >= 4 is 23.3 Å². The van der Waals surface area contributed by atoms with Gasteiger partial charge in [0.2, 0.25) is 11.7 Å². The summed E-state index contributed by atoms with van der Waals surface area (Å²) < 4.78 is 5.06. The number of rotatable bonds is 7. The van der Waals surface area contributed by atoms with E-state index in [2.05, 4.69) is 15.4 Å². The summed E-state index contributed by atoms with van der Waals surface area (Å²) >= 11 is 0. The summed E-state index contributed by atoms with van der Waals surface area (Å²) in [6.45, 7) is 2.03. The molecule has 1 saturated heterocycles. The Morgan fingerprint density at radius 3 is 2.48 bits per heavy atom. The van der Waals surface area contributed by atoms with E-state index in [4.69, 9.17) is 4.74 Å². The summed E-state index contributed by atoms with van der Waals surface area (Å²) in [5.41, 5.74) is 3.07. The van der Waals surface area contributed by atoms with E-state index in [-0.39, 0.29) is 24.8 Å². The Balaban J connectivity index is 1.29. The number of aromatic nitrogens is 4. The molecule has 0 spiro atoms. The molecule has 0 unspecified atom stereocenters. The number of ketones is 1. The van der Waals surface area contributed by atoms with E-state index < -0.39 is 5.97 Å². The molecule has 0 aliphatic carbocycles. The minimum absolute atomic E-state index is 0.0836. The molecular formula is C22H21N5O4. The van der Waals surface area contributed by atoms with Crippen LogP contribution >= 0.6 is 0 Å². The molecule has 2 aromatic carbocycles. The lowest BCUT2D eigenvalue weighted by Crippen LogP contribution is -2.23. The van der Waals surface area contributed by atoms with Gasteiger partial charge in [-0.15, -0.1) is 10.2 Å². The van der Waals surface area contributed by atoms with Gasteiger partial charge in [0.05, 0.1) is 0 Å². The first-order valence-corrected chi connectivity index (χ1v) is 9.94. The third-order valence-corrected chi connectivity index (χ3v) is 4.97. The highest BCUT2D eigenvalue weighted by Gasteiger charge is 2.22. The molecule has 0 radical (unpaired) electrons. The second kappa shape index (κ2) is 8.86. The van der Waals surface area contributed by atoms with Crippen molar-refractivity contribution in [2.45, 2.75) is 26.3 Å². The van der Waals surface area contributed by atoms with Crippen LogP contribution in [0.4, 0.5) is 5.69 Å². The van der Waals surface area contributed by atoms with E-state index >= 15 is 0 Å². The van der Waals surface area contributed by atoms with Gasteiger partial charge in [0.1, 0.15) is 0 Å². The molecule has 158 valence electrons. The standard InChI is InChI=1S/C22H21N5O4/c1-15-4-6-17(7-5-15)22-23-25-27(24-22)13-21(30)31-14-19(28)16-8-10-18(11-9-16)26-12-2-3-20(26)29/h4-11H,2-3,12-14H2,1H3. The first kappa shape index (κ1) is 20.4. The van der Waals surface area contributed by atoms with E-state index in [1.165, 1.54) is 0 Å². The molecule has 0 N–H and O–H groups in total. The SMILES string of the molecule is Cc1ccc(-c2nnn(CC(=O)OCC(=O)c3ccc(N4CCCC4=O)cc3)n2)cc1. The van der Waals surface area contributed by atoms with Gasteiger partial charge in [0, 0.05) is 29.8 Å². The number of hydrogen-bond acceptors (Lipinski definition) is 7. The first-order valence-electron chi connectivity index (χ1n) is 9.94. The van der Waals surface area contributed by atoms with Gasteiger partial charge in [-0.2, -0.15) is 4.80 Å². The molecule has 1 fully saturated rings. The molecule has 2 heterocycles. The zero-order valence-electron chi connectivity index (χ0n) is 17.0. The largest absolute Gasteiger partial charge is 0.456 e. The van der Waals surface area contributed by atoms with Crippen LogP contribution in [0, 0.1) is 6.92 Å². The fourth-order valence-corrected chi connectivity index (χ4v) is 3.27. The molecule has 9 heteroatoms. The maximum Gasteiger partial charge on any atom is 0.330 e. The maximum absolute atomic E-state index is 12.3. The Morgan fingerprint density at radius 2 is 1.81 bits per heavy atom. The summed E-state index contributed by atoms with van der Waals surface area (Å²) in [5, 5.41) is 12.0. The van der Waals surface area contributed by atoms with Crippen LogP contribution in [0.3, 0.4) is 0 Å². The molecule has 31 heavy (non-hydrogen) atoms. The number of nitrogens with zero attached hydrogens (tertiary/aromatic N) is 5. The lowest BCUT2D eigenvalue weighted by atomic mass is 10.1. The van der Waals surface area contributed by atoms with Gasteiger partial charge in [-0.1, -0.05) is 29.8 Å². The Labute approximate surface area is 178 Å². The molecule has 1 aliphatic rings. The minimum Gasteiger partial charge on any atom is -0.456 e. The first-order chi connectivity index (χ1) is 15.0. The van der Waals surface area contributed by atoms with Crippen LogP contribution in [0.15, 0.2) is 48.5 Å². The Bertz CT molecular complexity index is 1110. The smallest absolute Gasteiger partial charge is 0.330 e. The fraction of sp³-hybridized carbons (Fsp3) is 0.273. The monoisotopic (exact) mass is 419 g/mol. The normalized spacial score (nSPS) is 13.5. The van der Waals surface area contributed by atoms with Crippen molar-refractivity contribution in [3.8, 4) is 11.4 Å². The lowest BCUT2D eigenvalue weighted by Gasteiger charge is -2.15. The molecule has 0 saturated carbocycles. The van der Waals surface area contributed by atoms with Gasteiger partial charge in [-0.3, -0.25) is 9.59 Å². The number of ether oxygens (including phenoxy) is 1. The van der Waals surface area contributed by atoms with Gasteiger partial charge in [-0.25, -0.2) is 4.79 Å². The van der Waals surface area contributed by atoms with Crippen LogP contribution in [-0.4, -0.2) is 51.0 Å². The number of carbonyl (C=O) groups is 3. The predicted molar refractivity (Wildman–Crippen MR) is 111 cm³/mol. The van der Waals surface area contributed by atoms with Crippen molar-refractivity contribution in [2.75, 3.05) is 18.1 Å². The molecule has 0 atom stereocenters. The van der Waals surface area contributed by atoms with Gasteiger partial charge in [0.15, 0.2) is 18.9 Å². The van der Waals surface area contributed by atoms with Crippen LogP contribution in [0.1, 0.15) is 28.8 Å². The van der Waals surface area contributed by atoms with Crippen LogP contribution in [0.2, 0.25) is 0 Å². The maximum atomic E-state index is 12.3. The van der Waals surface area contributed by atoms with Crippen LogP contribution < -0.4 is 4.90 Å². The number of carbonyl (C=O) groups excluding carboxylic acids is 3. The second-order valence-electron chi connectivity index (χ2n) is 7.29. The molecule has 4 rings (SSSR count). The average Bonchev–Trinajstić information content (AvgIpc) is 3.42. The number of hydrogen-bond donors (Lipinski definition) is 0. The fourth-order valence-electron chi connectivity index (χ4n) is 3.27. The summed E-state index contributed by atoms with van der Waals surface area (Å²) in [5.74, 6) is -0.485. The molecule has 3 aromatic rings. The average molecular weight is 419 g/mol.